The van der Waals surface area contributed by atoms with Gasteiger partial charge in [-0.3, -0.25) is 24.0 Å². The van der Waals surface area contributed by atoms with Crippen LogP contribution in [0.5, 0.6) is 0 Å². The normalized spacial score (nSPS) is 14.5. The third-order valence-corrected chi connectivity index (χ3v) is 5.51. The molecule has 0 aliphatic carbocycles. The lowest BCUT2D eigenvalue weighted by molar-refractivity contribution is -0.120. The van der Waals surface area contributed by atoms with Gasteiger partial charge in [-0.05, 0) is 37.9 Å². The van der Waals surface area contributed by atoms with E-state index in [4.69, 9.17) is 10.5 Å². The zero-order chi connectivity index (χ0) is 22.2. The fourth-order valence-corrected chi connectivity index (χ4v) is 3.88. The minimum Gasteiger partial charge on any atom is -0.385 e. The first kappa shape index (κ1) is 22.8. The quantitative estimate of drug-likeness (QED) is 0.576. The monoisotopic (exact) mass is 429 g/mol. The molecule has 0 unspecified atom stereocenters. The van der Waals surface area contributed by atoms with Gasteiger partial charge in [0.2, 0.25) is 5.91 Å². The van der Waals surface area contributed by atoms with E-state index in [-0.39, 0.29) is 37.0 Å². The van der Waals surface area contributed by atoms with Gasteiger partial charge in [0.1, 0.15) is 5.82 Å². The fraction of sp³-hybridized carbons (Fsp3) is 0.500. The number of nitrogens with two attached hydrogens (primary N) is 1. The summed E-state index contributed by atoms with van der Waals surface area (Å²) in [5, 5.41) is 0. The lowest BCUT2D eigenvalue weighted by atomic mass is 10.1. The summed E-state index contributed by atoms with van der Waals surface area (Å²) < 4.78 is 6.41. The number of H-pyrrole nitrogens is 1. The molecule has 9 heteroatoms. The lowest BCUT2D eigenvalue weighted by Gasteiger charge is -2.30. The molecular weight excluding hydrogens is 398 g/mol. The standard InChI is InChI=1S/C22H31N5O4/c1-31-14-8-13-26(18(28)16-25-11-6-3-7-12-25)19-20(23)27(22(30)24-21(19)29)15-17-9-4-2-5-10-17/h2,4-5,9-10H,3,6-8,11-16,23H2,1H3,(H,24,29,30). The highest BCUT2D eigenvalue weighted by molar-refractivity contribution is 5.96. The molecule has 0 bridgehead atoms. The molecule has 0 spiro atoms. The number of ether oxygens (including phenoxy) is 1. The molecule has 3 rings (SSSR count). The van der Waals surface area contributed by atoms with Crippen LogP contribution in [0.2, 0.25) is 0 Å². The van der Waals surface area contributed by atoms with Crippen molar-refractivity contribution in [2.75, 3.05) is 50.5 Å². The summed E-state index contributed by atoms with van der Waals surface area (Å²) in [6, 6.07) is 9.35. The van der Waals surface area contributed by atoms with Crippen LogP contribution in [-0.2, 0) is 16.1 Å². The molecule has 1 saturated heterocycles. The van der Waals surface area contributed by atoms with Crippen LogP contribution >= 0.6 is 0 Å². The summed E-state index contributed by atoms with van der Waals surface area (Å²) in [5.41, 5.74) is 5.94. The summed E-state index contributed by atoms with van der Waals surface area (Å²) >= 11 is 0. The predicted octanol–water partition coefficient (Wildman–Crippen LogP) is 1.02. The maximum absolute atomic E-state index is 13.2. The van der Waals surface area contributed by atoms with Gasteiger partial charge in [-0.25, -0.2) is 4.79 Å². The maximum Gasteiger partial charge on any atom is 0.330 e. The minimum atomic E-state index is -0.656. The maximum atomic E-state index is 13.2. The molecule has 1 aliphatic rings. The number of carbonyl (C=O) groups is 1. The number of anilines is 2. The number of likely N-dealkylation sites (tertiary alicyclic amines) is 1. The van der Waals surface area contributed by atoms with Crippen LogP contribution in [0.3, 0.4) is 0 Å². The number of hydrogen-bond acceptors (Lipinski definition) is 6. The topological polar surface area (TPSA) is 114 Å². The molecule has 31 heavy (non-hydrogen) atoms. The van der Waals surface area contributed by atoms with Crippen molar-refractivity contribution in [3.05, 3.63) is 56.7 Å². The molecule has 9 nitrogen and oxygen atoms in total. The van der Waals surface area contributed by atoms with Gasteiger partial charge < -0.3 is 15.4 Å². The zero-order valence-corrected chi connectivity index (χ0v) is 18.0. The number of hydrogen-bond donors (Lipinski definition) is 2. The molecule has 3 N–H and O–H groups in total. The summed E-state index contributed by atoms with van der Waals surface area (Å²) in [6.45, 7) is 2.84. The first-order chi connectivity index (χ1) is 15.0. The number of rotatable bonds is 9. The predicted molar refractivity (Wildman–Crippen MR) is 120 cm³/mol. The number of aromatic amines is 1. The molecule has 1 aliphatic heterocycles. The second kappa shape index (κ2) is 10.9. The highest BCUT2D eigenvalue weighted by Crippen LogP contribution is 2.19. The van der Waals surface area contributed by atoms with E-state index in [1.54, 1.807) is 7.11 Å². The van der Waals surface area contributed by atoms with Crippen molar-refractivity contribution >= 4 is 17.4 Å². The van der Waals surface area contributed by atoms with Crippen molar-refractivity contribution in [3.63, 3.8) is 0 Å². The molecule has 0 saturated carbocycles. The molecule has 0 atom stereocenters. The molecule has 2 aromatic rings. The molecule has 168 valence electrons. The Kier molecular flexibility index (Phi) is 8.02. The number of methoxy groups -OCH3 is 1. The third-order valence-electron chi connectivity index (χ3n) is 5.51. The lowest BCUT2D eigenvalue weighted by Crippen LogP contribution is -2.46. The van der Waals surface area contributed by atoms with Gasteiger partial charge in [-0.1, -0.05) is 36.8 Å². The van der Waals surface area contributed by atoms with Gasteiger partial charge in [0.25, 0.3) is 5.56 Å². The summed E-state index contributed by atoms with van der Waals surface area (Å²) in [4.78, 5) is 44.3. The number of amides is 1. The fourth-order valence-electron chi connectivity index (χ4n) is 3.88. The average molecular weight is 430 g/mol. The number of benzene rings is 1. The Bertz CT molecular complexity index is 980. The molecule has 1 amide bonds. The van der Waals surface area contributed by atoms with E-state index in [0.29, 0.717) is 13.0 Å². The van der Waals surface area contributed by atoms with Crippen molar-refractivity contribution < 1.29 is 9.53 Å². The molecular formula is C22H31N5O4. The second-order valence-corrected chi connectivity index (χ2v) is 7.79. The van der Waals surface area contributed by atoms with E-state index < -0.39 is 11.2 Å². The van der Waals surface area contributed by atoms with Crippen LogP contribution in [0.4, 0.5) is 11.5 Å². The largest absolute Gasteiger partial charge is 0.385 e. The summed E-state index contributed by atoms with van der Waals surface area (Å²) in [5.74, 6) is -0.220. The van der Waals surface area contributed by atoms with Crippen molar-refractivity contribution in [2.24, 2.45) is 0 Å². The molecule has 1 aromatic heterocycles. The summed E-state index contributed by atoms with van der Waals surface area (Å²) in [6.07, 6.45) is 3.82. The van der Waals surface area contributed by atoms with Crippen LogP contribution in [-0.4, -0.2) is 60.3 Å². The first-order valence-electron chi connectivity index (χ1n) is 10.7. The van der Waals surface area contributed by atoms with Crippen LogP contribution in [0.25, 0.3) is 0 Å². The van der Waals surface area contributed by atoms with Crippen LogP contribution in [0, 0.1) is 0 Å². The highest BCUT2D eigenvalue weighted by Gasteiger charge is 2.26. The van der Waals surface area contributed by atoms with Crippen molar-refractivity contribution in [1.82, 2.24) is 14.5 Å². The minimum absolute atomic E-state index is 0.0120. The van der Waals surface area contributed by atoms with Crippen LogP contribution < -0.4 is 21.9 Å². The Labute approximate surface area is 181 Å². The highest BCUT2D eigenvalue weighted by atomic mass is 16.5. The first-order valence-corrected chi connectivity index (χ1v) is 10.7. The smallest absolute Gasteiger partial charge is 0.330 e. The van der Waals surface area contributed by atoms with E-state index in [1.165, 1.54) is 15.9 Å². The molecule has 2 heterocycles. The number of nitrogens with zero attached hydrogens (tertiary/aromatic N) is 3. The second-order valence-electron chi connectivity index (χ2n) is 7.79. The van der Waals surface area contributed by atoms with Gasteiger partial charge in [0.15, 0.2) is 5.69 Å². The average Bonchev–Trinajstić information content (AvgIpc) is 2.77. The van der Waals surface area contributed by atoms with Gasteiger partial charge in [-0.2, -0.15) is 0 Å². The van der Waals surface area contributed by atoms with Crippen molar-refractivity contribution in [1.29, 1.82) is 0 Å². The van der Waals surface area contributed by atoms with Gasteiger partial charge >= 0.3 is 5.69 Å². The SMILES string of the molecule is COCCCN(C(=O)CN1CCCCC1)c1c(N)n(Cc2ccccc2)c(=O)[nH]c1=O. The van der Waals surface area contributed by atoms with Crippen LogP contribution in [0.1, 0.15) is 31.2 Å². The number of nitrogens with one attached hydrogen (secondary N) is 1. The van der Waals surface area contributed by atoms with Crippen molar-refractivity contribution in [2.45, 2.75) is 32.2 Å². The number of nitrogen functional groups attached to an aromatic ring is 1. The van der Waals surface area contributed by atoms with Gasteiger partial charge in [0, 0.05) is 20.3 Å². The van der Waals surface area contributed by atoms with Gasteiger partial charge in [0.05, 0.1) is 13.1 Å². The van der Waals surface area contributed by atoms with E-state index in [0.717, 1.165) is 31.5 Å². The van der Waals surface area contributed by atoms with E-state index >= 15 is 0 Å². The van der Waals surface area contributed by atoms with E-state index in [9.17, 15) is 14.4 Å². The number of carbonyl (C=O) groups excluding carboxylic acids is 1. The third kappa shape index (κ3) is 5.83. The molecule has 1 aromatic carbocycles. The summed E-state index contributed by atoms with van der Waals surface area (Å²) in [7, 11) is 1.58. The van der Waals surface area contributed by atoms with E-state index in [1.807, 2.05) is 30.3 Å². The Morgan fingerprint density at radius 2 is 1.87 bits per heavy atom. The molecule has 1 fully saturated rings. The zero-order valence-electron chi connectivity index (χ0n) is 18.0. The Balaban J connectivity index is 1.94. The Hall–Kier alpha value is -2.91. The number of aromatic nitrogens is 2. The molecule has 0 radical (unpaired) electrons. The number of piperidine rings is 1. The van der Waals surface area contributed by atoms with Crippen LogP contribution in [0.15, 0.2) is 39.9 Å². The Morgan fingerprint density at radius 3 is 2.55 bits per heavy atom. The Morgan fingerprint density at radius 1 is 1.16 bits per heavy atom. The van der Waals surface area contributed by atoms with Crippen molar-refractivity contribution in [3.8, 4) is 0 Å². The van der Waals surface area contributed by atoms with Gasteiger partial charge in [-0.15, -0.1) is 0 Å². The van der Waals surface area contributed by atoms with E-state index in [2.05, 4.69) is 9.88 Å².